The predicted molar refractivity (Wildman–Crippen MR) is 218 cm³/mol. The highest BCUT2D eigenvalue weighted by Crippen LogP contribution is 2.27. The van der Waals surface area contributed by atoms with Crippen LogP contribution in [0.3, 0.4) is 0 Å². The molecular formula is C43H51F2N7O5. The van der Waals surface area contributed by atoms with Gasteiger partial charge in [-0.3, -0.25) is 19.2 Å². The number of nitrogen functional groups attached to an aromatic ring is 1. The van der Waals surface area contributed by atoms with Gasteiger partial charge < -0.3 is 30.9 Å². The molecule has 1 aliphatic heterocycles. The Bertz CT molecular complexity index is 1990. The van der Waals surface area contributed by atoms with Gasteiger partial charge in [0.1, 0.15) is 11.6 Å². The van der Waals surface area contributed by atoms with E-state index in [1.807, 2.05) is 49.4 Å². The van der Waals surface area contributed by atoms with Crippen molar-refractivity contribution in [2.75, 3.05) is 64.8 Å². The van der Waals surface area contributed by atoms with Crippen LogP contribution in [0.2, 0.25) is 0 Å². The summed E-state index contributed by atoms with van der Waals surface area (Å²) < 4.78 is 33.7. The molecule has 0 atom stereocenters. The summed E-state index contributed by atoms with van der Waals surface area (Å²) in [6.07, 6.45) is 2.33. The first kappa shape index (κ1) is 43.7. The third-order valence-electron chi connectivity index (χ3n) is 9.49. The molecule has 0 saturated carbocycles. The number of hydrazone groups is 1. The molecule has 0 spiro atoms. The van der Waals surface area contributed by atoms with E-state index in [4.69, 9.17) is 10.5 Å². The number of nitrogens with zero attached hydrogens (tertiary/aromatic N) is 3. The molecule has 4 aromatic carbocycles. The van der Waals surface area contributed by atoms with Crippen molar-refractivity contribution in [3.05, 3.63) is 124 Å². The zero-order chi connectivity index (χ0) is 41.2. The van der Waals surface area contributed by atoms with E-state index >= 15 is 0 Å². The van der Waals surface area contributed by atoms with Gasteiger partial charge in [0.05, 0.1) is 31.0 Å². The molecular weight excluding hydrogens is 733 g/mol. The maximum Gasteiger partial charge on any atom is 0.256 e. The third kappa shape index (κ3) is 13.0. The van der Waals surface area contributed by atoms with Gasteiger partial charge in [-0.05, 0) is 72.4 Å². The fourth-order valence-electron chi connectivity index (χ4n) is 6.15. The van der Waals surface area contributed by atoms with Crippen LogP contribution in [0.1, 0.15) is 45.1 Å². The lowest BCUT2D eigenvalue weighted by atomic mass is 9.97. The zero-order valence-corrected chi connectivity index (χ0v) is 32.7. The number of benzene rings is 4. The molecule has 0 radical (unpaired) electrons. The van der Waals surface area contributed by atoms with Gasteiger partial charge in [-0.15, -0.1) is 0 Å². The highest BCUT2D eigenvalue weighted by Gasteiger charge is 2.26. The van der Waals surface area contributed by atoms with E-state index in [1.54, 1.807) is 28.9 Å². The largest absolute Gasteiger partial charge is 0.398 e. The Labute approximate surface area is 332 Å². The number of anilines is 1. The van der Waals surface area contributed by atoms with Crippen molar-refractivity contribution >= 4 is 36.0 Å². The van der Waals surface area contributed by atoms with E-state index < -0.39 is 11.7 Å². The Morgan fingerprint density at radius 1 is 0.807 bits per heavy atom. The van der Waals surface area contributed by atoms with Crippen molar-refractivity contribution in [2.45, 2.75) is 33.6 Å². The molecule has 0 bridgehead atoms. The number of aryl methyl sites for hydroxylation is 2. The molecule has 0 aliphatic carbocycles. The van der Waals surface area contributed by atoms with Crippen LogP contribution in [0.5, 0.6) is 0 Å². The lowest BCUT2D eigenvalue weighted by molar-refractivity contribution is -0.131. The van der Waals surface area contributed by atoms with E-state index in [0.717, 1.165) is 28.7 Å². The maximum atomic E-state index is 14.8. The lowest BCUT2D eigenvalue weighted by Crippen LogP contribution is -2.52. The summed E-state index contributed by atoms with van der Waals surface area (Å²) in [4.78, 5) is 50.0. The van der Waals surface area contributed by atoms with Crippen molar-refractivity contribution < 1.29 is 32.7 Å². The zero-order valence-electron chi connectivity index (χ0n) is 32.7. The number of carbonyl (C=O) groups excluding carboxylic acids is 4. The minimum atomic E-state index is -0.624. The van der Waals surface area contributed by atoms with Crippen LogP contribution in [0.25, 0.3) is 11.1 Å². The van der Waals surface area contributed by atoms with Gasteiger partial charge >= 0.3 is 0 Å². The molecule has 57 heavy (non-hydrogen) atoms. The van der Waals surface area contributed by atoms with Crippen molar-refractivity contribution in [3.63, 3.8) is 0 Å². The number of hydrogen-bond acceptors (Lipinski definition) is 8. The molecule has 1 saturated heterocycles. The topological polar surface area (TPSA) is 158 Å². The summed E-state index contributed by atoms with van der Waals surface area (Å²) in [7, 11) is 0. The van der Waals surface area contributed by atoms with Crippen LogP contribution in [-0.2, 0) is 32.0 Å². The molecule has 0 aromatic heterocycles. The Kier molecular flexibility index (Phi) is 17.3. The van der Waals surface area contributed by atoms with Gasteiger partial charge in [0.15, 0.2) is 0 Å². The van der Waals surface area contributed by atoms with Crippen LogP contribution >= 0.6 is 0 Å². The molecule has 302 valence electrons. The number of nitrogens with two attached hydrogens (primary N) is 1. The average molecular weight is 784 g/mol. The van der Waals surface area contributed by atoms with Gasteiger partial charge in [-0.25, -0.2) is 14.2 Å². The fraction of sp³-hybridized carbons (Fsp3) is 0.326. The lowest BCUT2D eigenvalue weighted by Gasteiger charge is -2.35. The third-order valence-corrected chi connectivity index (χ3v) is 9.49. The molecule has 4 aromatic rings. The SMILES string of the molecule is CCc1cccc(-c2cc(N)c(C)c(F)c2)c1.Cc1ccccc1/C(Cc1ccc(F)c(C(=O)N2CCN(C(=O)CNCCOCCNC=O)CC2)c1)=N\NC=O. The van der Waals surface area contributed by atoms with E-state index in [1.165, 1.54) is 17.7 Å². The Hall–Kier alpha value is -5.99. The van der Waals surface area contributed by atoms with E-state index in [9.17, 15) is 28.0 Å². The molecule has 1 fully saturated rings. The van der Waals surface area contributed by atoms with Gasteiger partial charge in [0, 0.05) is 62.5 Å². The van der Waals surface area contributed by atoms with E-state index in [-0.39, 0.29) is 30.3 Å². The van der Waals surface area contributed by atoms with Crippen molar-refractivity contribution in [1.29, 1.82) is 0 Å². The summed E-state index contributed by atoms with van der Waals surface area (Å²) in [6, 6.07) is 23.4. The number of ether oxygens (including phenoxy) is 1. The van der Waals surface area contributed by atoms with Crippen molar-refractivity contribution in [2.24, 2.45) is 5.10 Å². The van der Waals surface area contributed by atoms with Crippen LogP contribution in [0.4, 0.5) is 14.5 Å². The monoisotopic (exact) mass is 783 g/mol. The van der Waals surface area contributed by atoms with Crippen molar-refractivity contribution in [1.82, 2.24) is 25.9 Å². The quantitative estimate of drug-likeness (QED) is 0.0406. The first-order chi connectivity index (χ1) is 27.6. The Morgan fingerprint density at radius 3 is 2.25 bits per heavy atom. The average Bonchev–Trinajstić information content (AvgIpc) is 3.23. The Morgan fingerprint density at radius 2 is 1.54 bits per heavy atom. The van der Waals surface area contributed by atoms with Crippen LogP contribution in [0, 0.1) is 25.5 Å². The summed E-state index contributed by atoms with van der Waals surface area (Å²) >= 11 is 0. The number of rotatable bonds is 17. The molecule has 12 nitrogen and oxygen atoms in total. The molecule has 5 N–H and O–H groups in total. The smallest absolute Gasteiger partial charge is 0.256 e. The van der Waals surface area contributed by atoms with E-state index in [2.05, 4.69) is 40.2 Å². The van der Waals surface area contributed by atoms with Crippen molar-refractivity contribution in [3.8, 4) is 11.1 Å². The summed E-state index contributed by atoms with van der Waals surface area (Å²) in [5.41, 5.74) is 15.2. The molecule has 1 aliphatic rings. The summed E-state index contributed by atoms with van der Waals surface area (Å²) in [5.74, 6) is -1.40. The highest BCUT2D eigenvalue weighted by molar-refractivity contribution is 6.03. The normalized spacial score (nSPS) is 12.7. The number of amides is 4. The maximum absolute atomic E-state index is 14.8. The number of halogens is 2. The number of piperazine rings is 1. The van der Waals surface area contributed by atoms with Gasteiger partial charge in [0.25, 0.3) is 5.91 Å². The standard InChI is InChI=1S/C28H35FN6O5.C15H16FN/c1-21-4-2-3-5-23(21)26(33-32-20-37)17-22-6-7-25(29)24(16-22)28(39)35-12-10-34(11-13-35)27(38)18-30-8-14-40-15-9-31-19-36;1-3-11-5-4-6-12(7-11)13-8-14(16)10(2)15(17)9-13/h2-7,16,19-20,30H,8-15,17-18H2,1H3,(H,31,36)(H,32,37);4-9H,3,17H2,1-2H3/b33-26-;. The number of hydrogen-bond donors (Lipinski definition) is 4. The fourth-order valence-corrected chi connectivity index (χ4v) is 6.15. The predicted octanol–water partition coefficient (Wildman–Crippen LogP) is 4.41. The first-order valence-electron chi connectivity index (χ1n) is 18.8. The second kappa shape index (κ2) is 22.5. The molecule has 0 unspecified atom stereocenters. The Balaban J connectivity index is 0.000000350. The summed E-state index contributed by atoms with van der Waals surface area (Å²) in [5, 5.41) is 9.69. The second-order valence-corrected chi connectivity index (χ2v) is 13.4. The van der Waals surface area contributed by atoms with Crippen LogP contribution in [-0.4, -0.2) is 99.2 Å². The number of nitrogens with one attached hydrogen (secondary N) is 3. The van der Waals surface area contributed by atoms with Crippen LogP contribution in [0.15, 0.2) is 84.0 Å². The van der Waals surface area contributed by atoms with Gasteiger partial charge in [0.2, 0.25) is 18.7 Å². The minimum absolute atomic E-state index is 0.0465. The number of carbonyl (C=O) groups is 4. The molecule has 1 heterocycles. The van der Waals surface area contributed by atoms with Gasteiger partial charge in [-0.1, -0.05) is 61.5 Å². The van der Waals surface area contributed by atoms with Crippen LogP contribution < -0.4 is 21.8 Å². The molecule has 5 rings (SSSR count). The summed E-state index contributed by atoms with van der Waals surface area (Å²) in [6.45, 7) is 8.87. The molecule has 4 amide bonds. The highest BCUT2D eigenvalue weighted by atomic mass is 19.1. The van der Waals surface area contributed by atoms with E-state index in [0.29, 0.717) is 87.8 Å². The first-order valence-corrected chi connectivity index (χ1v) is 18.8. The molecule has 14 heteroatoms. The minimum Gasteiger partial charge on any atom is -0.398 e. The van der Waals surface area contributed by atoms with Gasteiger partial charge in [-0.2, -0.15) is 5.10 Å². The second-order valence-electron chi connectivity index (χ2n) is 13.4.